The van der Waals surface area contributed by atoms with E-state index in [0.717, 1.165) is 44.5 Å². The molecule has 38 heavy (non-hydrogen) atoms. The summed E-state index contributed by atoms with van der Waals surface area (Å²) in [6.45, 7) is 4.02. The average molecular weight is 545 g/mol. The lowest BCUT2D eigenvalue weighted by Crippen LogP contribution is -2.55. The molecule has 0 spiro atoms. The van der Waals surface area contributed by atoms with Crippen LogP contribution in [0.15, 0.2) is 42.5 Å². The van der Waals surface area contributed by atoms with Gasteiger partial charge >= 0.3 is 11.8 Å². The standard InChI is InChI=1S/C28H34ClFN4O4/c29-23-17-19(3-10-25(23)38-22-8-9-22)26(35)24(18-32-11-1-2-12-32)31-27(36)28(37)34-15-13-33(14-16-34)21-6-4-20(30)5-7-21/h3-7,10,17,22,24,26,35H,1-2,8-9,11-16,18H2,(H,31,36)/t24-,26-/m1/s1. The molecule has 0 bridgehead atoms. The number of likely N-dealkylation sites (tertiary alicyclic amines) is 1. The lowest BCUT2D eigenvalue weighted by atomic mass is 10.0. The summed E-state index contributed by atoms with van der Waals surface area (Å²) in [4.78, 5) is 31.9. The first-order valence-electron chi connectivity index (χ1n) is 13.3. The van der Waals surface area contributed by atoms with E-state index < -0.39 is 24.0 Å². The van der Waals surface area contributed by atoms with Crippen LogP contribution in [-0.4, -0.2) is 84.7 Å². The van der Waals surface area contributed by atoms with E-state index in [1.807, 2.05) is 0 Å². The molecule has 2 aromatic rings. The van der Waals surface area contributed by atoms with Gasteiger partial charge in [-0.15, -0.1) is 0 Å². The predicted octanol–water partition coefficient (Wildman–Crippen LogP) is 2.98. The van der Waals surface area contributed by atoms with Crippen molar-refractivity contribution < 1.29 is 23.8 Å². The Hall–Kier alpha value is -2.88. The Bertz CT molecular complexity index is 1130. The van der Waals surface area contributed by atoms with E-state index in [0.29, 0.717) is 49.1 Å². The van der Waals surface area contributed by atoms with Gasteiger partial charge in [0.05, 0.1) is 17.2 Å². The molecule has 204 valence electrons. The minimum absolute atomic E-state index is 0.203. The van der Waals surface area contributed by atoms with E-state index in [-0.39, 0.29) is 11.9 Å². The molecule has 2 heterocycles. The number of anilines is 1. The second kappa shape index (κ2) is 11.9. The van der Waals surface area contributed by atoms with E-state index in [1.54, 1.807) is 30.3 Å². The summed E-state index contributed by atoms with van der Waals surface area (Å²) in [5.74, 6) is -1.06. The molecule has 3 aliphatic rings. The van der Waals surface area contributed by atoms with Gasteiger partial charge in [0.25, 0.3) is 0 Å². The SMILES string of the molecule is O=C(N[C@H](CN1CCCC1)[C@H](O)c1ccc(OC2CC2)c(Cl)c1)C(=O)N1CCN(c2ccc(F)cc2)CC1. The molecule has 0 aromatic heterocycles. The molecule has 2 amide bonds. The third-order valence-corrected chi connectivity index (χ3v) is 7.71. The zero-order valence-electron chi connectivity index (χ0n) is 21.3. The molecule has 2 aliphatic heterocycles. The van der Waals surface area contributed by atoms with Crippen molar-refractivity contribution in [2.45, 2.75) is 43.9 Å². The van der Waals surface area contributed by atoms with Crippen molar-refractivity contribution in [3.05, 3.63) is 58.9 Å². The van der Waals surface area contributed by atoms with Crippen LogP contribution in [0.4, 0.5) is 10.1 Å². The van der Waals surface area contributed by atoms with Crippen LogP contribution in [0.25, 0.3) is 0 Å². The highest BCUT2D eigenvalue weighted by Crippen LogP contribution is 2.34. The van der Waals surface area contributed by atoms with Crippen LogP contribution >= 0.6 is 11.6 Å². The van der Waals surface area contributed by atoms with Gasteiger partial charge in [0.1, 0.15) is 17.7 Å². The number of hydrogen-bond acceptors (Lipinski definition) is 6. The highest BCUT2D eigenvalue weighted by Gasteiger charge is 2.32. The lowest BCUT2D eigenvalue weighted by Gasteiger charge is -2.36. The molecular formula is C28H34ClFN4O4. The number of piperazine rings is 1. The molecule has 2 saturated heterocycles. The zero-order chi connectivity index (χ0) is 26.6. The maximum atomic E-state index is 13.2. The van der Waals surface area contributed by atoms with Gasteiger partial charge in [0, 0.05) is 38.4 Å². The minimum Gasteiger partial charge on any atom is -0.489 e. The van der Waals surface area contributed by atoms with Crippen molar-refractivity contribution in [2.75, 3.05) is 50.7 Å². The highest BCUT2D eigenvalue weighted by molar-refractivity contribution is 6.35. The van der Waals surface area contributed by atoms with Crippen molar-refractivity contribution in [1.82, 2.24) is 15.1 Å². The van der Waals surface area contributed by atoms with Crippen molar-refractivity contribution in [1.29, 1.82) is 0 Å². The van der Waals surface area contributed by atoms with Gasteiger partial charge in [-0.05, 0) is 80.7 Å². The monoisotopic (exact) mass is 544 g/mol. The number of aliphatic hydroxyl groups is 1. The van der Waals surface area contributed by atoms with Gasteiger partial charge < -0.3 is 29.9 Å². The van der Waals surface area contributed by atoms with Crippen LogP contribution < -0.4 is 15.0 Å². The fourth-order valence-electron chi connectivity index (χ4n) is 5.06. The van der Waals surface area contributed by atoms with Crippen LogP contribution in [0.3, 0.4) is 0 Å². The average Bonchev–Trinajstić information content (AvgIpc) is 3.60. The third kappa shape index (κ3) is 6.57. The van der Waals surface area contributed by atoms with Crippen molar-refractivity contribution in [3.8, 4) is 5.75 Å². The first kappa shape index (κ1) is 26.7. The summed E-state index contributed by atoms with van der Waals surface area (Å²) in [6, 6.07) is 10.7. The fraction of sp³-hybridized carbons (Fsp3) is 0.500. The number of benzene rings is 2. The van der Waals surface area contributed by atoms with Crippen LogP contribution in [-0.2, 0) is 9.59 Å². The van der Waals surface area contributed by atoms with Gasteiger partial charge in [-0.1, -0.05) is 17.7 Å². The quantitative estimate of drug-likeness (QED) is 0.497. The maximum absolute atomic E-state index is 13.2. The Morgan fingerprint density at radius 2 is 1.71 bits per heavy atom. The Morgan fingerprint density at radius 1 is 1.03 bits per heavy atom. The Labute approximate surface area is 227 Å². The van der Waals surface area contributed by atoms with Gasteiger partial charge in [0.2, 0.25) is 0 Å². The van der Waals surface area contributed by atoms with E-state index in [1.165, 1.54) is 17.0 Å². The van der Waals surface area contributed by atoms with Crippen LogP contribution in [0.1, 0.15) is 37.4 Å². The molecule has 2 N–H and O–H groups in total. The predicted molar refractivity (Wildman–Crippen MR) is 143 cm³/mol. The minimum atomic E-state index is -1.05. The molecule has 1 aliphatic carbocycles. The molecule has 2 atom stereocenters. The summed E-state index contributed by atoms with van der Waals surface area (Å²) in [6.07, 6.45) is 3.31. The molecule has 2 aromatic carbocycles. The largest absolute Gasteiger partial charge is 0.489 e. The fourth-order valence-corrected chi connectivity index (χ4v) is 5.29. The van der Waals surface area contributed by atoms with Gasteiger partial charge in [-0.25, -0.2) is 4.39 Å². The Morgan fingerprint density at radius 3 is 2.34 bits per heavy atom. The molecule has 0 unspecified atom stereocenters. The molecular weight excluding hydrogens is 511 g/mol. The number of rotatable bonds is 8. The normalized spacial score (nSPS) is 19.8. The molecule has 8 nitrogen and oxygen atoms in total. The van der Waals surface area contributed by atoms with E-state index in [2.05, 4.69) is 15.1 Å². The Balaban J connectivity index is 1.22. The third-order valence-electron chi connectivity index (χ3n) is 7.42. The number of halogens is 2. The first-order valence-corrected chi connectivity index (χ1v) is 13.7. The van der Waals surface area contributed by atoms with Crippen LogP contribution in [0.5, 0.6) is 5.75 Å². The summed E-state index contributed by atoms with van der Waals surface area (Å²) in [5.41, 5.74) is 1.44. The van der Waals surface area contributed by atoms with E-state index >= 15 is 0 Å². The molecule has 0 radical (unpaired) electrons. The van der Waals surface area contributed by atoms with Crippen molar-refractivity contribution >= 4 is 29.1 Å². The topological polar surface area (TPSA) is 85.3 Å². The smallest absolute Gasteiger partial charge is 0.312 e. The molecule has 5 rings (SSSR count). The zero-order valence-corrected chi connectivity index (χ0v) is 22.1. The van der Waals surface area contributed by atoms with E-state index in [4.69, 9.17) is 16.3 Å². The summed E-state index contributed by atoms with van der Waals surface area (Å²) in [7, 11) is 0. The van der Waals surface area contributed by atoms with Gasteiger partial charge in [-0.3, -0.25) is 9.59 Å². The van der Waals surface area contributed by atoms with Gasteiger partial charge in [0.15, 0.2) is 0 Å². The number of carbonyl (C=O) groups excluding carboxylic acids is 2. The molecule has 10 heteroatoms. The second-order valence-corrected chi connectivity index (χ2v) is 10.7. The number of nitrogens with zero attached hydrogens (tertiary/aromatic N) is 3. The maximum Gasteiger partial charge on any atom is 0.312 e. The summed E-state index contributed by atoms with van der Waals surface area (Å²) in [5, 5.41) is 14.5. The Kier molecular flexibility index (Phi) is 8.35. The number of amides is 2. The molecule has 3 fully saturated rings. The van der Waals surface area contributed by atoms with Crippen molar-refractivity contribution in [2.24, 2.45) is 0 Å². The first-order chi connectivity index (χ1) is 18.4. The number of carbonyl (C=O) groups is 2. The van der Waals surface area contributed by atoms with Gasteiger partial charge in [-0.2, -0.15) is 0 Å². The van der Waals surface area contributed by atoms with Crippen LogP contribution in [0, 0.1) is 5.82 Å². The second-order valence-electron chi connectivity index (χ2n) is 10.3. The van der Waals surface area contributed by atoms with E-state index in [9.17, 15) is 19.1 Å². The highest BCUT2D eigenvalue weighted by atomic mass is 35.5. The summed E-state index contributed by atoms with van der Waals surface area (Å²) >= 11 is 6.42. The summed E-state index contributed by atoms with van der Waals surface area (Å²) < 4.78 is 19.0. The number of aliphatic hydroxyl groups excluding tert-OH is 1. The van der Waals surface area contributed by atoms with Crippen LogP contribution in [0.2, 0.25) is 5.02 Å². The number of nitrogens with one attached hydrogen (secondary N) is 1. The number of ether oxygens (including phenoxy) is 1. The van der Waals surface area contributed by atoms with Crippen molar-refractivity contribution in [3.63, 3.8) is 0 Å². The number of hydrogen-bond donors (Lipinski definition) is 2. The lowest BCUT2D eigenvalue weighted by molar-refractivity contribution is -0.147. The molecule has 1 saturated carbocycles.